The van der Waals surface area contributed by atoms with Gasteiger partial charge in [-0.15, -0.1) is 0 Å². The van der Waals surface area contributed by atoms with Crippen molar-refractivity contribution in [3.8, 4) is 16.9 Å². The molecule has 3 aromatic rings. The summed E-state index contributed by atoms with van der Waals surface area (Å²) in [4.78, 5) is 15.1. The number of nitrogens with zero attached hydrogens (tertiary/aromatic N) is 1. The molecule has 1 aliphatic rings. The molecule has 2 aromatic carbocycles. The molecule has 31 heavy (non-hydrogen) atoms. The van der Waals surface area contributed by atoms with Crippen molar-refractivity contribution in [1.82, 2.24) is 4.90 Å². The molecule has 0 bridgehead atoms. The van der Waals surface area contributed by atoms with E-state index in [0.717, 1.165) is 0 Å². The zero-order valence-electron chi connectivity index (χ0n) is 17.1. The average molecular weight is 433 g/mol. The predicted octanol–water partition coefficient (Wildman–Crippen LogP) is 4.79. The maximum absolute atomic E-state index is 13.9. The minimum atomic E-state index is -4.89. The van der Waals surface area contributed by atoms with E-state index < -0.39 is 22.9 Å². The molecule has 2 heterocycles. The Labute approximate surface area is 176 Å². The molecule has 5 nitrogen and oxygen atoms in total. The molecule has 0 amide bonds. The number of halogens is 3. The monoisotopic (exact) mass is 433 g/mol. The molecule has 0 spiro atoms. The van der Waals surface area contributed by atoms with Crippen LogP contribution in [0.2, 0.25) is 0 Å². The van der Waals surface area contributed by atoms with Crippen LogP contribution in [0.25, 0.3) is 22.1 Å². The quantitative estimate of drug-likeness (QED) is 0.643. The minimum Gasteiger partial charge on any atom is -0.507 e. The summed E-state index contributed by atoms with van der Waals surface area (Å²) in [6, 6.07) is 10.3. The number of aromatic hydroxyl groups is 1. The van der Waals surface area contributed by atoms with Crippen molar-refractivity contribution in [1.29, 1.82) is 0 Å². The lowest BCUT2D eigenvalue weighted by molar-refractivity contribution is -0.152. The Hall–Kier alpha value is -2.84. The number of rotatable bonds is 3. The number of fused-ring (bicyclic) bond motifs is 1. The standard InChI is InChI=1S/C23H22F3NO4/c1-13-10-27(11-14(2)30-13)12-17-18(28)9-8-16-20(29)19(15-6-4-3-5-7-15)22(23(24,25)26)31-21(16)17/h3-9,13-14,28H,10-12H2,1-2H3/t13-,14-/m0/s1. The second-order valence-electron chi connectivity index (χ2n) is 7.89. The summed E-state index contributed by atoms with van der Waals surface area (Å²) in [5.41, 5.74) is -1.30. The highest BCUT2D eigenvalue weighted by Gasteiger charge is 2.40. The summed E-state index contributed by atoms with van der Waals surface area (Å²) < 4.78 is 52.8. The number of phenols is 1. The molecule has 0 radical (unpaired) electrons. The first-order valence-electron chi connectivity index (χ1n) is 9.97. The summed E-state index contributed by atoms with van der Waals surface area (Å²) in [6.07, 6.45) is -5.02. The first-order chi connectivity index (χ1) is 14.6. The molecule has 2 atom stereocenters. The summed E-state index contributed by atoms with van der Waals surface area (Å²) in [7, 11) is 0. The van der Waals surface area contributed by atoms with Gasteiger partial charge in [0.25, 0.3) is 0 Å². The smallest absolute Gasteiger partial charge is 0.450 e. The lowest BCUT2D eigenvalue weighted by atomic mass is 10.00. The van der Waals surface area contributed by atoms with E-state index in [9.17, 15) is 23.1 Å². The van der Waals surface area contributed by atoms with E-state index in [2.05, 4.69) is 0 Å². The number of benzene rings is 2. The van der Waals surface area contributed by atoms with Crippen LogP contribution < -0.4 is 5.43 Å². The molecule has 164 valence electrons. The first-order valence-corrected chi connectivity index (χ1v) is 9.97. The lowest BCUT2D eigenvalue weighted by Crippen LogP contribution is -2.44. The maximum Gasteiger partial charge on any atom is 0.450 e. The summed E-state index contributed by atoms with van der Waals surface area (Å²) in [5.74, 6) is -1.59. The Morgan fingerprint density at radius 3 is 2.32 bits per heavy atom. The third kappa shape index (κ3) is 4.18. The second kappa shape index (κ2) is 8.01. The van der Waals surface area contributed by atoms with Crippen LogP contribution >= 0.6 is 0 Å². The third-order valence-electron chi connectivity index (χ3n) is 5.34. The van der Waals surface area contributed by atoms with Gasteiger partial charge in [-0.05, 0) is 31.5 Å². The average Bonchev–Trinajstić information content (AvgIpc) is 2.69. The van der Waals surface area contributed by atoms with E-state index in [0.29, 0.717) is 13.1 Å². The highest BCUT2D eigenvalue weighted by atomic mass is 19.4. The number of ether oxygens (including phenoxy) is 1. The van der Waals surface area contributed by atoms with Gasteiger partial charge in [0.2, 0.25) is 11.2 Å². The van der Waals surface area contributed by atoms with E-state index in [4.69, 9.17) is 9.15 Å². The fourth-order valence-electron chi connectivity index (χ4n) is 4.16. The molecule has 4 rings (SSSR count). The van der Waals surface area contributed by atoms with Gasteiger partial charge >= 0.3 is 6.18 Å². The van der Waals surface area contributed by atoms with Crippen LogP contribution in [0.1, 0.15) is 25.2 Å². The third-order valence-corrected chi connectivity index (χ3v) is 5.34. The Bertz CT molecular complexity index is 1150. The molecule has 0 aliphatic carbocycles. The Morgan fingerprint density at radius 2 is 1.71 bits per heavy atom. The van der Waals surface area contributed by atoms with E-state index in [-0.39, 0.29) is 46.6 Å². The van der Waals surface area contributed by atoms with Gasteiger partial charge in [-0.2, -0.15) is 13.2 Å². The molecule has 0 saturated carbocycles. The largest absolute Gasteiger partial charge is 0.507 e. The van der Waals surface area contributed by atoms with Gasteiger partial charge < -0.3 is 14.3 Å². The van der Waals surface area contributed by atoms with Crippen molar-refractivity contribution >= 4 is 11.0 Å². The van der Waals surface area contributed by atoms with Crippen LogP contribution in [0.4, 0.5) is 13.2 Å². The number of morpholine rings is 1. The van der Waals surface area contributed by atoms with Crippen molar-refractivity contribution in [2.24, 2.45) is 0 Å². The van der Waals surface area contributed by atoms with Crippen LogP contribution in [-0.4, -0.2) is 35.3 Å². The Balaban J connectivity index is 1.92. The zero-order chi connectivity index (χ0) is 22.3. The van der Waals surface area contributed by atoms with Gasteiger partial charge in [0.05, 0.1) is 28.7 Å². The van der Waals surface area contributed by atoms with Gasteiger partial charge in [0.15, 0.2) is 0 Å². The fourth-order valence-corrected chi connectivity index (χ4v) is 4.16. The molecule has 1 saturated heterocycles. The predicted molar refractivity (Wildman–Crippen MR) is 110 cm³/mol. The van der Waals surface area contributed by atoms with E-state index in [1.54, 1.807) is 18.2 Å². The van der Waals surface area contributed by atoms with Crippen LogP contribution in [0.3, 0.4) is 0 Å². The molecule has 0 unspecified atom stereocenters. The number of phenolic OH excluding ortho intramolecular Hbond substituents is 1. The summed E-state index contributed by atoms with van der Waals surface area (Å²) in [6.45, 7) is 5.02. The van der Waals surface area contributed by atoms with E-state index in [1.165, 1.54) is 24.3 Å². The molecular weight excluding hydrogens is 411 g/mol. The van der Waals surface area contributed by atoms with Crippen molar-refractivity contribution in [2.75, 3.05) is 13.1 Å². The second-order valence-corrected chi connectivity index (χ2v) is 7.89. The number of hydrogen-bond acceptors (Lipinski definition) is 5. The van der Waals surface area contributed by atoms with Crippen molar-refractivity contribution in [3.63, 3.8) is 0 Å². The molecular formula is C23H22F3NO4. The number of hydrogen-bond donors (Lipinski definition) is 1. The lowest BCUT2D eigenvalue weighted by Gasteiger charge is -2.35. The fraction of sp³-hybridized carbons (Fsp3) is 0.348. The highest BCUT2D eigenvalue weighted by molar-refractivity contribution is 5.86. The molecule has 1 N–H and O–H groups in total. The van der Waals surface area contributed by atoms with Crippen LogP contribution in [-0.2, 0) is 17.5 Å². The molecule has 8 heteroatoms. The van der Waals surface area contributed by atoms with Crippen molar-refractivity contribution < 1.29 is 27.4 Å². The van der Waals surface area contributed by atoms with Gasteiger partial charge in [-0.3, -0.25) is 9.69 Å². The maximum atomic E-state index is 13.9. The van der Waals surface area contributed by atoms with E-state index >= 15 is 0 Å². The van der Waals surface area contributed by atoms with Crippen LogP contribution in [0.5, 0.6) is 5.75 Å². The normalized spacial score (nSPS) is 20.3. The number of alkyl halides is 3. The Kier molecular flexibility index (Phi) is 5.53. The van der Waals surface area contributed by atoms with Crippen LogP contribution in [0, 0.1) is 0 Å². The molecule has 1 aliphatic heterocycles. The molecule has 1 fully saturated rings. The minimum absolute atomic E-state index is 0.00555. The summed E-state index contributed by atoms with van der Waals surface area (Å²) >= 11 is 0. The zero-order valence-corrected chi connectivity index (χ0v) is 17.1. The van der Waals surface area contributed by atoms with Gasteiger partial charge in [-0.25, -0.2) is 0 Å². The van der Waals surface area contributed by atoms with Gasteiger partial charge in [0.1, 0.15) is 11.3 Å². The SMILES string of the molecule is C[C@H]1CN(Cc2c(O)ccc3c(=O)c(-c4ccccc4)c(C(F)(F)F)oc23)C[C@H](C)O1. The van der Waals surface area contributed by atoms with E-state index in [1.807, 2.05) is 18.7 Å². The van der Waals surface area contributed by atoms with Crippen molar-refractivity contribution in [2.45, 2.75) is 38.8 Å². The van der Waals surface area contributed by atoms with Crippen LogP contribution in [0.15, 0.2) is 51.7 Å². The highest BCUT2D eigenvalue weighted by Crippen LogP contribution is 2.39. The molecule has 1 aromatic heterocycles. The first kappa shape index (κ1) is 21.4. The Morgan fingerprint density at radius 1 is 1.06 bits per heavy atom. The summed E-state index contributed by atoms with van der Waals surface area (Å²) in [5, 5.41) is 10.4. The van der Waals surface area contributed by atoms with Gasteiger partial charge in [0, 0.05) is 19.6 Å². The van der Waals surface area contributed by atoms with Gasteiger partial charge in [-0.1, -0.05) is 30.3 Å². The van der Waals surface area contributed by atoms with Crippen molar-refractivity contribution in [3.05, 3.63) is 64.0 Å². The topological polar surface area (TPSA) is 62.9 Å².